The van der Waals surface area contributed by atoms with Crippen molar-refractivity contribution in [2.75, 3.05) is 0 Å². The van der Waals surface area contributed by atoms with Crippen molar-refractivity contribution in [3.05, 3.63) is 101 Å². The molecule has 1 N–H and O–H groups in total. The van der Waals surface area contributed by atoms with Gasteiger partial charge >= 0.3 is 0 Å². The molecule has 0 unspecified atom stereocenters. The second-order valence-corrected chi connectivity index (χ2v) is 9.74. The molecule has 7 rings (SSSR count). The quantitative estimate of drug-likeness (QED) is 0.284. The number of aromatic amines is 1. The van der Waals surface area contributed by atoms with Crippen molar-refractivity contribution < 1.29 is 0 Å². The molecular weight excluding hydrogens is 406 g/mol. The molecule has 1 nitrogen and oxygen atoms in total. The third kappa shape index (κ3) is 2.77. The van der Waals surface area contributed by atoms with E-state index in [1.54, 1.807) is 0 Å². The second kappa shape index (κ2) is 6.94. The number of hydrogen-bond donors (Lipinski definition) is 1. The van der Waals surface area contributed by atoms with Gasteiger partial charge in [-0.15, -0.1) is 11.3 Å². The molecule has 0 fully saturated rings. The molecule has 0 amide bonds. The minimum Gasteiger partial charge on any atom is -0.355 e. The van der Waals surface area contributed by atoms with Crippen molar-refractivity contribution in [1.82, 2.24) is 4.98 Å². The first kappa shape index (κ1) is 18.0. The molecule has 0 bridgehead atoms. The van der Waals surface area contributed by atoms with Gasteiger partial charge in [-0.25, -0.2) is 0 Å². The van der Waals surface area contributed by atoms with Crippen molar-refractivity contribution >= 4 is 49.3 Å². The standard InChI is InChI=1S/C30H21NS/c1-2-6-19(7-3-1)20-10-13-27-24(16-20)25-17-21(11-14-28(25)31-27)22-12-15-30-26(18-22)23-8-4-5-9-29(23)32-30/h1-4,6-8,10-18,31H,5,9H2. The number of aryl methyl sites for hydroxylation is 1. The molecule has 32 heavy (non-hydrogen) atoms. The van der Waals surface area contributed by atoms with Crippen LogP contribution in [0.5, 0.6) is 0 Å². The van der Waals surface area contributed by atoms with Crippen molar-refractivity contribution in [3.63, 3.8) is 0 Å². The summed E-state index contributed by atoms with van der Waals surface area (Å²) in [5, 5.41) is 3.95. The van der Waals surface area contributed by atoms with Crippen LogP contribution in [0.15, 0.2) is 91.0 Å². The molecule has 2 heterocycles. The van der Waals surface area contributed by atoms with E-state index < -0.39 is 0 Å². The summed E-state index contributed by atoms with van der Waals surface area (Å²) in [6.07, 6.45) is 6.96. The predicted octanol–water partition coefficient (Wildman–Crippen LogP) is 8.83. The van der Waals surface area contributed by atoms with Gasteiger partial charge in [0.25, 0.3) is 0 Å². The fourth-order valence-electron chi connectivity index (χ4n) is 5.02. The van der Waals surface area contributed by atoms with E-state index in [4.69, 9.17) is 0 Å². The fraction of sp³-hybridized carbons (Fsp3) is 0.0667. The summed E-state index contributed by atoms with van der Waals surface area (Å²) in [5.74, 6) is 0. The largest absolute Gasteiger partial charge is 0.355 e. The van der Waals surface area contributed by atoms with Gasteiger partial charge in [-0.1, -0.05) is 60.7 Å². The van der Waals surface area contributed by atoms with Gasteiger partial charge in [0, 0.05) is 36.8 Å². The smallest absolute Gasteiger partial charge is 0.0465 e. The topological polar surface area (TPSA) is 15.8 Å². The summed E-state index contributed by atoms with van der Waals surface area (Å²) in [4.78, 5) is 5.12. The van der Waals surface area contributed by atoms with E-state index in [1.807, 2.05) is 11.3 Å². The number of aromatic nitrogens is 1. The van der Waals surface area contributed by atoms with Crippen LogP contribution in [0.25, 0.3) is 60.2 Å². The third-order valence-corrected chi connectivity index (χ3v) is 7.91. The normalized spacial score (nSPS) is 13.2. The highest BCUT2D eigenvalue weighted by Gasteiger charge is 2.14. The highest BCUT2D eigenvalue weighted by molar-refractivity contribution is 7.19. The number of nitrogens with one attached hydrogen (secondary N) is 1. The first-order valence-electron chi connectivity index (χ1n) is 11.2. The molecule has 0 atom stereocenters. The number of H-pyrrole nitrogens is 1. The van der Waals surface area contributed by atoms with Crippen LogP contribution in [0.1, 0.15) is 16.9 Å². The second-order valence-electron chi connectivity index (χ2n) is 8.60. The Morgan fingerprint density at radius 1 is 0.625 bits per heavy atom. The van der Waals surface area contributed by atoms with Gasteiger partial charge in [-0.3, -0.25) is 0 Å². The Morgan fingerprint density at radius 3 is 2.03 bits per heavy atom. The molecule has 152 valence electrons. The molecule has 0 saturated carbocycles. The maximum Gasteiger partial charge on any atom is 0.0465 e. The predicted molar refractivity (Wildman–Crippen MR) is 139 cm³/mol. The minimum atomic E-state index is 1.16. The van der Waals surface area contributed by atoms with Crippen molar-refractivity contribution in [3.8, 4) is 22.3 Å². The SMILES string of the molecule is C1=Cc2c(sc3ccc(-c4ccc5[nH]c6ccc(-c7ccccc7)cc6c5c4)cc23)CC1. The average Bonchev–Trinajstić information content (AvgIpc) is 3.41. The monoisotopic (exact) mass is 427 g/mol. The average molecular weight is 428 g/mol. The summed E-state index contributed by atoms with van der Waals surface area (Å²) < 4.78 is 1.39. The Kier molecular flexibility index (Phi) is 3.91. The molecule has 1 aliphatic carbocycles. The van der Waals surface area contributed by atoms with Crippen LogP contribution in [0.4, 0.5) is 0 Å². The number of hydrogen-bond acceptors (Lipinski definition) is 1. The van der Waals surface area contributed by atoms with Crippen molar-refractivity contribution in [1.29, 1.82) is 0 Å². The number of rotatable bonds is 2. The molecule has 0 aliphatic heterocycles. The van der Waals surface area contributed by atoms with E-state index in [-0.39, 0.29) is 0 Å². The molecule has 4 aromatic carbocycles. The Bertz CT molecular complexity index is 1660. The highest BCUT2D eigenvalue weighted by Crippen LogP contribution is 2.39. The van der Waals surface area contributed by atoms with Crippen LogP contribution in [0.2, 0.25) is 0 Å². The zero-order valence-corrected chi connectivity index (χ0v) is 18.4. The molecule has 0 spiro atoms. The summed E-state index contributed by atoms with van der Waals surface area (Å²) in [5.41, 5.74) is 8.86. The Labute approximate surface area is 190 Å². The summed E-state index contributed by atoms with van der Waals surface area (Å²) in [6.45, 7) is 0. The molecule has 0 radical (unpaired) electrons. The zero-order valence-electron chi connectivity index (χ0n) is 17.6. The van der Waals surface area contributed by atoms with Crippen LogP contribution >= 0.6 is 11.3 Å². The van der Waals surface area contributed by atoms with Crippen molar-refractivity contribution in [2.24, 2.45) is 0 Å². The molecule has 2 heteroatoms. The Hall–Kier alpha value is -3.62. The van der Waals surface area contributed by atoms with Gasteiger partial charge < -0.3 is 4.98 Å². The summed E-state index contributed by atoms with van der Waals surface area (Å²) >= 11 is 1.95. The molecule has 6 aromatic rings. The van der Waals surface area contributed by atoms with Gasteiger partial charge in [0.15, 0.2) is 0 Å². The van der Waals surface area contributed by atoms with E-state index in [1.165, 1.54) is 71.0 Å². The Morgan fingerprint density at radius 2 is 1.28 bits per heavy atom. The lowest BCUT2D eigenvalue weighted by molar-refractivity contribution is 1.02. The maximum atomic E-state index is 3.59. The summed E-state index contributed by atoms with van der Waals surface area (Å²) in [7, 11) is 0. The lowest BCUT2D eigenvalue weighted by Crippen LogP contribution is -1.87. The lowest BCUT2D eigenvalue weighted by Gasteiger charge is -2.06. The van der Waals surface area contributed by atoms with Crippen molar-refractivity contribution in [2.45, 2.75) is 12.8 Å². The maximum absolute atomic E-state index is 3.59. The van der Waals surface area contributed by atoms with Gasteiger partial charge in [0.05, 0.1) is 0 Å². The number of allylic oxidation sites excluding steroid dienone is 1. The van der Waals surface area contributed by atoms with E-state index >= 15 is 0 Å². The number of thiophene rings is 1. The van der Waals surface area contributed by atoms with Crippen LogP contribution in [-0.2, 0) is 6.42 Å². The van der Waals surface area contributed by atoms with E-state index in [9.17, 15) is 0 Å². The lowest BCUT2D eigenvalue weighted by atomic mass is 9.97. The van der Waals surface area contributed by atoms with Gasteiger partial charge in [-0.05, 0) is 77.1 Å². The van der Waals surface area contributed by atoms with Crippen LogP contribution in [0, 0.1) is 0 Å². The number of fused-ring (bicyclic) bond motifs is 6. The van der Waals surface area contributed by atoms with E-state index in [0.29, 0.717) is 0 Å². The first-order valence-corrected chi connectivity index (χ1v) is 12.0. The molecule has 1 aliphatic rings. The van der Waals surface area contributed by atoms with Gasteiger partial charge in [0.1, 0.15) is 0 Å². The van der Waals surface area contributed by atoms with Gasteiger partial charge in [0.2, 0.25) is 0 Å². The van der Waals surface area contributed by atoms with E-state index in [0.717, 1.165) is 6.42 Å². The highest BCUT2D eigenvalue weighted by atomic mass is 32.1. The Balaban J connectivity index is 1.40. The molecule has 2 aromatic heterocycles. The molecule has 0 saturated heterocycles. The third-order valence-electron chi connectivity index (χ3n) is 6.66. The molecular formula is C30H21NS. The minimum absolute atomic E-state index is 1.16. The van der Waals surface area contributed by atoms with Crippen LogP contribution in [-0.4, -0.2) is 4.98 Å². The van der Waals surface area contributed by atoms with Gasteiger partial charge in [-0.2, -0.15) is 0 Å². The first-order chi connectivity index (χ1) is 15.8. The van der Waals surface area contributed by atoms with Crippen LogP contribution < -0.4 is 0 Å². The fourth-order valence-corrected chi connectivity index (χ4v) is 6.21. The number of benzene rings is 4. The zero-order chi connectivity index (χ0) is 21.1. The van der Waals surface area contributed by atoms with Crippen LogP contribution in [0.3, 0.4) is 0 Å². The van der Waals surface area contributed by atoms with E-state index in [2.05, 4.69) is 102 Å². The summed E-state index contributed by atoms with van der Waals surface area (Å²) in [6, 6.07) is 31.1.